The van der Waals surface area contributed by atoms with Crippen molar-refractivity contribution in [2.45, 2.75) is 60.3 Å². The molecule has 0 aromatic carbocycles. The minimum absolute atomic E-state index is 0.504. The molecule has 1 fully saturated rings. The van der Waals surface area contributed by atoms with Gasteiger partial charge in [-0.15, -0.1) is 0 Å². The van der Waals surface area contributed by atoms with Crippen molar-refractivity contribution in [3.63, 3.8) is 0 Å². The zero-order chi connectivity index (χ0) is 15.3. The molecule has 0 aromatic heterocycles. The molecule has 3 nitrogen and oxygen atoms in total. The van der Waals surface area contributed by atoms with Gasteiger partial charge in [-0.1, -0.05) is 34.6 Å². The Bertz CT molecular complexity index is 294. The van der Waals surface area contributed by atoms with Gasteiger partial charge in [-0.3, -0.25) is 4.79 Å². The lowest BCUT2D eigenvalue weighted by molar-refractivity contribution is -0.153. The van der Waals surface area contributed by atoms with Gasteiger partial charge in [-0.2, -0.15) is 0 Å². The van der Waals surface area contributed by atoms with Crippen LogP contribution in [0.5, 0.6) is 0 Å². The van der Waals surface area contributed by atoms with Gasteiger partial charge in [-0.25, -0.2) is 0 Å². The van der Waals surface area contributed by atoms with Crippen molar-refractivity contribution in [2.24, 2.45) is 23.2 Å². The minimum Gasteiger partial charge on any atom is -0.481 e. The van der Waals surface area contributed by atoms with Gasteiger partial charge in [0.2, 0.25) is 0 Å². The van der Waals surface area contributed by atoms with E-state index in [1.807, 2.05) is 0 Å². The van der Waals surface area contributed by atoms with Crippen LogP contribution < -0.4 is 0 Å². The molecule has 0 radical (unpaired) electrons. The Hall–Kier alpha value is -0.570. The van der Waals surface area contributed by atoms with Crippen LogP contribution in [-0.2, 0) is 4.79 Å². The van der Waals surface area contributed by atoms with Crippen LogP contribution in [0.2, 0.25) is 0 Å². The molecule has 0 spiro atoms. The molecular weight excluding hydrogens is 250 g/mol. The third-order valence-electron chi connectivity index (χ3n) is 4.46. The zero-order valence-corrected chi connectivity index (χ0v) is 14.0. The maximum absolute atomic E-state index is 11.9. The second-order valence-electron chi connectivity index (χ2n) is 7.75. The first-order valence-electron chi connectivity index (χ1n) is 8.21. The summed E-state index contributed by atoms with van der Waals surface area (Å²) in [6.45, 7) is 13.8. The highest BCUT2D eigenvalue weighted by Crippen LogP contribution is 2.40. The summed E-state index contributed by atoms with van der Waals surface area (Å²) >= 11 is 0. The number of hydrogen-bond donors (Lipinski definition) is 1. The van der Waals surface area contributed by atoms with Crippen LogP contribution in [0.3, 0.4) is 0 Å². The summed E-state index contributed by atoms with van der Waals surface area (Å²) in [5.41, 5.74) is -0.504. The summed E-state index contributed by atoms with van der Waals surface area (Å²) in [6.07, 6.45) is 3.80. The number of hydrogen-bond acceptors (Lipinski definition) is 2. The van der Waals surface area contributed by atoms with Gasteiger partial charge < -0.3 is 10.0 Å². The van der Waals surface area contributed by atoms with Gasteiger partial charge in [0.25, 0.3) is 0 Å². The Morgan fingerprint density at radius 2 is 1.60 bits per heavy atom. The molecule has 1 aliphatic rings. The predicted molar refractivity (Wildman–Crippen MR) is 83.8 cm³/mol. The third-order valence-corrected chi connectivity index (χ3v) is 4.46. The van der Waals surface area contributed by atoms with E-state index in [1.54, 1.807) is 0 Å². The molecule has 118 valence electrons. The van der Waals surface area contributed by atoms with E-state index in [0.29, 0.717) is 17.8 Å². The van der Waals surface area contributed by atoms with Gasteiger partial charge in [0.15, 0.2) is 0 Å². The molecule has 0 heterocycles. The molecule has 1 rings (SSSR count). The molecule has 20 heavy (non-hydrogen) atoms. The van der Waals surface area contributed by atoms with Crippen LogP contribution in [0.4, 0.5) is 0 Å². The second kappa shape index (κ2) is 7.44. The van der Waals surface area contributed by atoms with Crippen molar-refractivity contribution >= 4 is 5.97 Å². The summed E-state index contributed by atoms with van der Waals surface area (Å²) in [4.78, 5) is 14.3. The van der Waals surface area contributed by atoms with E-state index in [2.05, 4.69) is 39.5 Å². The molecule has 0 amide bonds. The zero-order valence-electron chi connectivity index (χ0n) is 14.0. The van der Waals surface area contributed by atoms with E-state index in [0.717, 1.165) is 45.3 Å². The van der Waals surface area contributed by atoms with Gasteiger partial charge in [0, 0.05) is 19.6 Å². The van der Waals surface area contributed by atoms with Crippen molar-refractivity contribution in [1.29, 1.82) is 0 Å². The summed E-state index contributed by atoms with van der Waals surface area (Å²) in [6, 6.07) is 0. The van der Waals surface area contributed by atoms with Crippen LogP contribution in [0, 0.1) is 23.2 Å². The van der Waals surface area contributed by atoms with E-state index in [-0.39, 0.29) is 0 Å². The average Bonchev–Trinajstić information content (AvgIpc) is 2.30. The van der Waals surface area contributed by atoms with Crippen LogP contribution in [0.15, 0.2) is 0 Å². The highest BCUT2D eigenvalue weighted by Gasteiger charge is 2.42. The maximum atomic E-state index is 11.9. The standard InChI is InChI=1S/C17H33NO2/c1-13(2)10-18(11-14(3)4)12-17(16(19)20)8-6-15(5)7-9-17/h13-15H,6-12H2,1-5H3,(H,19,20). The molecule has 0 aliphatic heterocycles. The summed E-state index contributed by atoms with van der Waals surface area (Å²) in [5, 5.41) is 9.77. The molecule has 0 unspecified atom stereocenters. The normalized spacial score (nSPS) is 27.5. The molecule has 3 heteroatoms. The minimum atomic E-state index is -0.582. The fourth-order valence-corrected chi connectivity index (χ4v) is 3.42. The van der Waals surface area contributed by atoms with E-state index in [4.69, 9.17) is 0 Å². The smallest absolute Gasteiger partial charge is 0.310 e. The Morgan fingerprint density at radius 3 is 1.95 bits per heavy atom. The summed E-state index contributed by atoms with van der Waals surface area (Å²) in [7, 11) is 0. The van der Waals surface area contributed by atoms with Crippen molar-refractivity contribution in [2.75, 3.05) is 19.6 Å². The first-order valence-corrected chi connectivity index (χ1v) is 8.21. The molecule has 1 N–H and O–H groups in total. The molecule has 1 saturated carbocycles. The largest absolute Gasteiger partial charge is 0.481 e. The van der Waals surface area contributed by atoms with Gasteiger partial charge in [-0.05, 0) is 43.4 Å². The van der Waals surface area contributed by atoms with Gasteiger partial charge in [0.1, 0.15) is 0 Å². The van der Waals surface area contributed by atoms with Crippen LogP contribution >= 0.6 is 0 Å². The van der Waals surface area contributed by atoms with Crippen molar-refractivity contribution in [3.05, 3.63) is 0 Å². The van der Waals surface area contributed by atoms with E-state index < -0.39 is 11.4 Å². The van der Waals surface area contributed by atoms with E-state index in [9.17, 15) is 9.90 Å². The average molecular weight is 283 g/mol. The van der Waals surface area contributed by atoms with Crippen LogP contribution in [-0.4, -0.2) is 35.6 Å². The molecule has 0 atom stereocenters. The molecule has 1 aliphatic carbocycles. The Morgan fingerprint density at radius 1 is 1.15 bits per heavy atom. The van der Waals surface area contributed by atoms with Crippen molar-refractivity contribution in [3.8, 4) is 0 Å². The SMILES string of the molecule is CC(C)CN(CC(C)C)CC1(C(=O)O)CCC(C)CC1. The molecule has 0 aromatic rings. The fourth-order valence-electron chi connectivity index (χ4n) is 3.42. The molecule has 0 saturated heterocycles. The monoisotopic (exact) mass is 283 g/mol. The predicted octanol–water partition coefficient (Wildman–Crippen LogP) is 3.88. The first-order chi connectivity index (χ1) is 9.25. The number of aliphatic carboxylic acids is 1. The lowest BCUT2D eigenvalue weighted by atomic mass is 9.70. The maximum Gasteiger partial charge on any atom is 0.310 e. The van der Waals surface area contributed by atoms with Crippen molar-refractivity contribution in [1.82, 2.24) is 4.90 Å². The Balaban J connectivity index is 2.77. The van der Waals surface area contributed by atoms with Crippen molar-refractivity contribution < 1.29 is 9.90 Å². The quantitative estimate of drug-likeness (QED) is 0.771. The highest BCUT2D eigenvalue weighted by atomic mass is 16.4. The second-order valence-corrected chi connectivity index (χ2v) is 7.75. The van der Waals surface area contributed by atoms with E-state index in [1.165, 1.54) is 0 Å². The Labute approximate surface area is 124 Å². The molecule has 0 bridgehead atoms. The first kappa shape index (κ1) is 17.5. The lowest BCUT2D eigenvalue weighted by Gasteiger charge is -2.40. The van der Waals surface area contributed by atoms with Crippen LogP contribution in [0.25, 0.3) is 0 Å². The summed E-state index contributed by atoms with van der Waals surface area (Å²) < 4.78 is 0. The number of carbonyl (C=O) groups is 1. The molecular formula is C17H33NO2. The van der Waals surface area contributed by atoms with E-state index >= 15 is 0 Å². The number of nitrogens with zero attached hydrogens (tertiary/aromatic N) is 1. The lowest BCUT2D eigenvalue weighted by Crippen LogP contribution is -2.47. The highest BCUT2D eigenvalue weighted by molar-refractivity contribution is 5.75. The number of carboxylic acid groups (broad SMARTS) is 1. The topological polar surface area (TPSA) is 40.5 Å². The van der Waals surface area contributed by atoms with Gasteiger partial charge in [0.05, 0.1) is 5.41 Å². The van der Waals surface area contributed by atoms with Crippen LogP contribution in [0.1, 0.15) is 60.3 Å². The fraction of sp³-hybridized carbons (Fsp3) is 0.941. The Kier molecular flexibility index (Phi) is 6.50. The summed E-state index contributed by atoms with van der Waals surface area (Å²) in [5.74, 6) is 1.28. The number of rotatable bonds is 7. The third kappa shape index (κ3) is 5.08. The number of carboxylic acids is 1. The van der Waals surface area contributed by atoms with Gasteiger partial charge >= 0.3 is 5.97 Å².